The predicted molar refractivity (Wildman–Crippen MR) is 87.8 cm³/mol. The summed E-state index contributed by atoms with van der Waals surface area (Å²) in [5, 5.41) is 1.80. The number of benzene rings is 1. The monoisotopic (exact) mass is 311 g/mol. The van der Waals surface area contributed by atoms with Gasteiger partial charge in [0.15, 0.2) is 0 Å². The number of hydrogen-bond donors (Lipinski definition) is 1. The molecule has 0 saturated carbocycles. The Morgan fingerprint density at radius 2 is 2.09 bits per heavy atom. The fraction of sp³-hybridized carbons (Fsp3) is 0.294. The van der Waals surface area contributed by atoms with Crippen molar-refractivity contribution in [3.8, 4) is 0 Å². The summed E-state index contributed by atoms with van der Waals surface area (Å²) in [6, 6.07) is 6.66. The summed E-state index contributed by atoms with van der Waals surface area (Å²) in [6.07, 6.45) is 5.55. The first-order chi connectivity index (χ1) is 11.1. The number of aromatic nitrogens is 3. The number of halogens is 1. The van der Waals surface area contributed by atoms with Crippen molar-refractivity contribution in [2.45, 2.75) is 12.0 Å². The van der Waals surface area contributed by atoms with Gasteiger partial charge >= 0.3 is 0 Å². The Morgan fingerprint density at radius 1 is 1.22 bits per heavy atom. The maximum Gasteiger partial charge on any atom is 0.136 e. The van der Waals surface area contributed by atoms with Crippen molar-refractivity contribution in [2.75, 3.05) is 18.0 Å². The van der Waals surface area contributed by atoms with Gasteiger partial charge in [0, 0.05) is 49.9 Å². The van der Waals surface area contributed by atoms with Gasteiger partial charge in [-0.05, 0) is 23.6 Å². The van der Waals surface area contributed by atoms with Crippen LogP contribution in [0.1, 0.15) is 11.6 Å². The van der Waals surface area contributed by atoms with Gasteiger partial charge in [-0.1, -0.05) is 6.07 Å². The smallest absolute Gasteiger partial charge is 0.136 e. The van der Waals surface area contributed by atoms with Gasteiger partial charge in [0.2, 0.25) is 0 Å². The van der Waals surface area contributed by atoms with Crippen LogP contribution in [0.2, 0.25) is 0 Å². The average molecular weight is 311 g/mol. The van der Waals surface area contributed by atoms with E-state index in [0.717, 1.165) is 28.8 Å². The molecule has 3 heterocycles. The quantitative estimate of drug-likeness (QED) is 0.787. The molecule has 3 aromatic rings. The lowest BCUT2D eigenvalue weighted by Crippen LogP contribution is -2.29. The van der Waals surface area contributed by atoms with Crippen molar-refractivity contribution in [3.63, 3.8) is 0 Å². The highest BCUT2D eigenvalue weighted by Gasteiger charge is 2.34. The zero-order chi connectivity index (χ0) is 16.0. The van der Waals surface area contributed by atoms with Crippen LogP contribution < -0.4 is 10.6 Å². The predicted octanol–water partition coefficient (Wildman–Crippen LogP) is 2.04. The SMILES string of the molecule is Cn1cnc([C@@H]2CN(c3nccc4ccc(F)cc34)C[C@H]2N)c1. The van der Waals surface area contributed by atoms with E-state index in [1.807, 2.05) is 23.9 Å². The molecule has 0 amide bonds. The molecule has 0 unspecified atom stereocenters. The van der Waals surface area contributed by atoms with Gasteiger partial charge < -0.3 is 15.2 Å². The van der Waals surface area contributed by atoms with E-state index in [0.29, 0.717) is 6.54 Å². The number of anilines is 1. The standard InChI is InChI=1S/C17H18FN5/c1-22-9-16(21-10-22)14-7-23(8-15(14)19)17-13-6-12(18)3-2-11(13)4-5-20-17/h2-6,9-10,14-15H,7-8,19H2,1H3/t14-,15-/m1/s1. The number of aryl methyl sites for hydroxylation is 1. The van der Waals surface area contributed by atoms with E-state index >= 15 is 0 Å². The number of nitrogens with two attached hydrogens (primary N) is 1. The van der Waals surface area contributed by atoms with Crippen LogP contribution in [0.15, 0.2) is 43.0 Å². The minimum atomic E-state index is -0.253. The van der Waals surface area contributed by atoms with Crippen molar-refractivity contribution in [3.05, 3.63) is 54.5 Å². The second-order valence-electron chi connectivity index (χ2n) is 6.14. The van der Waals surface area contributed by atoms with Crippen molar-refractivity contribution >= 4 is 16.6 Å². The molecule has 5 nitrogen and oxygen atoms in total. The molecule has 2 aromatic heterocycles. The van der Waals surface area contributed by atoms with Crippen LogP contribution in [0, 0.1) is 5.82 Å². The van der Waals surface area contributed by atoms with Gasteiger partial charge in [0.25, 0.3) is 0 Å². The highest BCUT2D eigenvalue weighted by molar-refractivity contribution is 5.92. The zero-order valence-electron chi connectivity index (χ0n) is 12.9. The maximum atomic E-state index is 13.6. The van der Waals surface area contributed by atoms with E-state index in [-0.39, 0.29) is 17.8 Å². The Hall–Kier alpha value is -2.47. The Morgan fingerprint density at radius 3 is 2.87 bits per heavy atom. The molecule has 1 aliphatic rings. The van der Waals surface area contributed by atoms with Gasteiger partial charge in [0.05, 0.1) is 12.0 Å². The van der Waals surface area contributed by atoms with Crippen molar-refractivity contribution in [1.29, 1.82) is 0 Å². The largest absolute Gasteiger partial charge is 0.354 e. The second kappa shape index (κ2) is 5.31. The van der Waals surface area contributed by atoms with Gasteiger partial charge in [-0.3, -0.25) is 0 Å². The highest BCUT2D eigenvalue weighted by atomic mass is 19.1. The summed E-state index contributed by atoms with van der Waals surface area (Å²) >= 11 is 0. The minimum absolute atomic E-state index is 0.0180. The fourth-order valence-corrected chi connectivity index (χ4v) is 3.32. The Kier molecular flexibility index (Phi) is 3.27. The van der Waals surface area contributed by atoms with Crippen LogP contribution in [-0.2, 0) is 7.05 Å². The molecule has 1 fully saturated rings. The summed E-state index contributed by atoms with van der Waals surface area (Å²) in [7, 11) is 1.95. The number of pyridine rings is 1. The van der Waals surface area contributed by atoms with Crippen LogP contribution in [0.25, 0.3) is 10.8 Å². The normalized spacial score (nSPS) is 21.3. The molecule has 4 rings (SSSR count). The van der Waals surface area contributed by atoms with Crippen molar-refractivity contribution in [2.24, 2.45) is 12.8 Å². The minimum Gasteiger partial charge on any atom is -0.354 e. The summed E-state index contributed by atoms with van der Waals surface area (Å²) in [5.41, 5.74) is 7.32. The summed E-state index contributed by atoms with van der Waals surface area (Å²) in [5.74, 6) is 0.689. The first-order valence-electron chi connectivity index (χ1n) is 7.64. The maximum absolute atomic E-state index is 13.6. The number of fused-ring (bicyclic) bond motifs is 1. The molecule has 2 N–H and O–H groups in total. The molecule has 1 aromatic carbocycles. The molecule has 0 bridgehead atoms. The van der Waals surface area contributed by atoms with Crippen LogP contribution >= 0.6 is 0 Å². The molecule has 2 atom stereocenters. The van der Waals surface area contributed by atoms with Crippen molar-refractivity contribution in [1.82, 2.24) is 14.5 Å². The third kappa shape index (κ3) is 2.45. The lowest BCUT2D eigenvalue weighted by molar-refractivity contribution is 0.629. The molecule has 6 heteroatoms. The Labute approximate surface area is 133 Å². The molecule has 1 aliphatic heterocycles. The molecular weight excluding hydrogens is 293 g/mol. The third-order valence-corrected chi connectivity index (χ3v) is 4.48. The summed E-state index contributed by atoms with van der Waals surface area (Å²) in [4.78, 5) is 11.0. The summed E-state index contributed by atoms with van der Waals surface area (Å²) in [6.45, 7) is 1.42. The van der Waals surface area contributed by atoms with E-state index in [2.05, 4.69) is 14.9 Å². The van der Waals surface area contributed by atoms with Crippen LogP contribution in [0.4, 0.5) is 10.2 Å². The summed E-state index contributed by atoms with van der Waals surface area (Å²) < 4.78 is 15.6. The molecule has 23 heavy (non-hydrogen) atoms. The zero-order valence-corrected chi connectivity index (χ0v) is 12.9. The molecule has 0 spiro atoms. The number of rotatable bonds is 2. The first kappa shape index (κ1) is 14.1. The van der Waals surface area contributed by atoms with Crippen LogP contribution in [0.3, 0.4) is 0 Å². The van der Waals surface area contributed by atoms with E-state index in [1.165, 1.54) is 12.1 Å². The number of hydrogen-bond acceptors (Lipinski definition) is 4. The van der Waals surface area contributed by atoms with Gasteiger partial charge in [-0.15, -0.1) is 0 Å². The van der Waals surface area contributed by atoms with Gasteiger partial charge in [-0.25, -0.2) is 14.4 Å². The molecular formula is C17H18FN5. The molecule has 0 aliphatic carbocycles. The highest BCUT2D eigenvalue weighted by Crippen LogP contribution is 2.32. The fourth-order valence-electron chi connectivity index (χ4n) is 3.32. The third-order valence-electron chi connectivity index (χ3n) is 4.48. The lowest BCUT2D eigenvalue weighted by Gasteiger charge is -2.19. The average Bonchev–Trinajstić information content (AvgIpc) is 3.12. The number of imidazole rings is 1. The van der Waals surface area contributed by atoms with Gasteiger partial charge in [0.1, 0.15) is 11.6 Å². The number of nitrogens with zero attached hydrogens (tertiary/aromatic N) is 4. The molecule has 0 radical (unpaired) electrons. The van der Waals surface area contributed by atoms with E-state index in [1.54, 1.807) is 18.6 Å². The first-order valence-corrected chi connectivity index (χ1v) is 7.64. The van der Waals surface area contributed by atoms with E-state index < -0.39 is 0 Å². The molecule has 1 saturated heterocycles. The Balaban J connectivity index is 1.71. The van der Waals surface area contributed by atoms with Gasteiger partial charge in [-0.2, -0.15) is 0 Å². The topological polar surface area (TPSA) is 60.0 Å². The Bertz CT molecular complexity index is 859. The van der Waals surface area contributed by atoms with E-state index in [4.69, 9.17) is 5.73 Å². The lowest BCUT2D eigenvalue weighted by atomic mass is 10.0. The molecule has 118 valence electrons. The second-order valence-corrected chi connectivity index (χ2v) is 6.14. The van der Waals surface area contributed by atoms with Crippen molar-refractivity contribution < 1.29 is 4.39 Å². The van der Waals surface area contributed by atoms with Crippen LogP contribution in [0.5, 0.6) is 0 Å². The van der Waals surface area contributed by atoms with E-state index in [9.17, 15) is 4.39 Å². The van der Waals surface area contributed by atoms with Crippen LogP contribution in [-0.4, -0.2) is 33.7 Å².